The molecule has 0 fully saturated rings. The smallest absolute Gasteiger partial charge is 0.121 e. The van der Waals surface area contributed by atoms with Crippen LogP contribution in [0.2, 0.25) is 0 Å². The van der Waals surface area contributed by atoms with Gasteiger partial charge in [-0.25, -0.2) is 0 Å². The number of furan rings is 1. The highest BCUT2D eigenvalue weighted by Gasteiger charge is 2.25. The average Bonchev–Trinajstić information content (AvgIpc) is 2.75. The van der Waals surface area contributed by atoms with Crippen LogP contribution in [-0.4, -0.2) is 6.54 Å². The summed E-state index contributed by atoms with van der Waals surface area (Å²) in [5.41, 5.74) is 0.341. The highest BCUT2D eigenvalue weighted by atomic mass is 16.3. The van der Waals surface area contributed by atoms with E-state index in [0.29, 0.717) is 17.4 Å². The van der Waals surface area contributed by atoms with E-state index in [-0.39, 0.29) is 0 Å². The van der Waals surface area contributed by atoms with Crippen LogP contribution >= 0.6 is 0 Å². The molecule has 18 heavy (non-hydrogen) atoms. The summed E-state index contributed by atoms with van der Waals surface area (Å²) >= 11 is 0. The molecular weight excluding hydrogens is 222 g/mol. The summed E-state index contributed by atoms with van der Waals surface area (Å²) < 4.78 is 5.90. The molecule has 0 saturated carbocycles. The van der Waals surface area contributed by atoms with Crippen molar-refractivity contribution in [3.05, 3.63) is 23.7 Å². The van der Waals surface area contributed by atoms with Crippen molar-refractivity contribution in [3.8, 4) is 0 Å². The topological polar surface area (TPSA) is 25.2 Å². The summed E-state index contributed by atoms with van der Waals surface area (Å²) in [5, 5.41) is 3.55. The first-order valence-corrected chi connectivity index (χ1v) is 7.20. The van der Waals surface area contributed by atoms with Gasteiger partial charge >= 0.3 is 0 Å². The van der Waals surface area contributed by atoms with Crippen molar-refractivity contribution < 1.29 is 4.42 Å². The Morgan fingerprint density at radius 3 is 2.33 bits per heavy atom. The first kappa shape index (κ1) is 15.3. The normalized spacial score (nSPS) is 15.7. The van der Waals surface area contributed by atoms with E-state index >= 15 is 0 Å². The number of hydrogen-bond acceptors (Lipinski definition) is 2. The third-order valence-electron chi connectivity index (χ3n) is 3.89. The van der Waals surface area contributed by atoms with Crippen molar-refractivity contribution in [3.63, 3.8) is 0 Å². The van der Waals surface area contributed by atoms with Crippen molar-refractivity contribution >= 4 is 0 Å². The van der Waals surface area contributed by atoms with Gasteiger partial charge in [0.2, 0.25) is 0 Å². The van der Waals surface area contributed by atoms with Gasteiger partial charge in [-0.15, -0.1) is 0 Å². The van der Waals surface area contributed by atoms with Gasteiger partial charge in [0, 0.05) is 6.42 Å². The quantitative estimate of drug-likeness (QED) is 0.801. The van der Waals surface area contributed by atoms with Crippen LogP contribution in [0.4, 0.5) is 0 Å². The molecule has 0 aliphatic heterocycles. The SMILES string of the molecule is CCNC(CC(C)C(C)(C)C)c1ccc(CC)o1. The fourth-order valence-corrected chi connectivity index (χ4v) is 2.03. The van der Waals surface area contributed by atoms with Crippen LogP contribution in [-0.2, 0) is 6.42 Å². The molecule has 0 radical (unpaired) electrons. The molecule has 2 unspecified atom stereocenters. The molecule has 0 aromatic carbocycles. The lowest BCUT2D eigenvalue weighted by molar-refractivity contribution is 0.214. The summed E-state index contributed by atoms with van der Waals surface area (Å²) in [7, 11) is 0. The number of hydrogen-bond donors (Lipinski definition) is 1. The van der Waals surface area contributed by atoms with Crippen LogP contribution in [0.5, 0.6) is 0 Å². The minimum atomic E-state index is 0.338. The Balaban J connectivity index is 2.76. The van der Waals surface area contributed by atoms with Crippen LogP contribution in [0.3, 0.4) is 0 Å². The van der Waals surface area contributed by atoms with Gasteiger partial charge < -0.3 is 9.73 Å². The first-order valence-electron chi connectivity index (χ1n) is 7.20. The molecule has 0 spiro atoms. The van der Waals surface area contributed by atoms with Crippen molar-refractivity contribution in [2.24, 2.45) is 11.3 Å². The minimum absolute atomic E-state index is 0.338. The molecule has 1 aromatic rings. The molecule has 2 atom stereocenters. The maximum atomic E-state index is 5.90. The van der Waals surface area contributed by atoms with Gasteiger partial charge in [-0.05, 0) is 36.4 Å². The summed E-state index contributed by atoms with van der Waals surface area (Å²) in [6.07, 6.45) is 2.08. The minimum Gasteiger partial charge on any atom is -0.464 e. The van der Waals surface area contributed by atoms with E-state index in [1.54, 1.807) is 0 Å². The Labute approximate surface area is 112 Å². The number of aryl methyl sites for hydroxylation is 1. The van der Waals surface area contributed by atoms with E-state index in [2.05, 4.69) is 59.0 Å². The second-order valence-corrected chi connectivity index (χ2v) is 6.27. The zero-order valence-electron chi connectivity index (χ0n) is 12.8. The second-order valence-electron chi connectivity index (χ2n) is 6.27. The summed E-state index contributed by atoms with van der Waals surface area (Å²) in [5.74, 6) is 2.82. The van der Waals surface area contributed by atoms with Crippen LogP contribution in [0.25, 0.3) is 0 Å². The first-order chi connectivity index (χ1) is 8.38. The zero-order chi connectivity index (χ0) is 13.8. The molecule has 2 heteroatoms. The van der Waals surface area contributed by atoms with Gasteiger partial charge in [-0.1, -0.05) is 41.5 Å². The van der Waals surface area contributed by atoms with Gasteiger partial charge in [-0.2, -0.15) is 0 Å². The largest absolute Gasteiger partial charge is 0.464 e. The molecule has 0 bridgehead atoms. The molecule has 1 aromatic heterocycles. The number of rotatable bonds is 6. The lowest BCUT2D eigenvalue weighted by Crippen LogP contribution is -2.27. The van der Waals surface area contributed by atoms with E-state index in [1.165, 1.54) is 0 Å². The molecule has 1 heterocycles. The predicted octanol–water partition coefficient (Wildman–Crippen LogP) is 4.56. The highest BCUT2D eigenvalue weighted by Crippen LogP contribution is 2.33. The van der Waals surface area contributed by atoms with Crippen LogP contribution in [0, 0.1) is 11.3 Å². The van der Waals surface area contributed by atoms with E-state index < -0.39 is 0 Å². The lowest BCUT2D eigenvalue weighted by atomic mass is 9.78. The third kappa shape index (κ3) is 4.16. The molecule has 0 amide bonds. The predicted molar refractivity (Wildman–Crippen MR) is 77.7 cm³/mol. The number of nitrogens with one attached hydrogen (secondary N) is 1. The molecule has 0 saturated heterocycles. The van der Waals surface area contributed by atoms with Gasteiger partial charge in [0.1, 0.15) is 11.5 Å². The maximum absolute atomic E-state index is 5.90. The summed E-state index contributed by atoms with van der Waals surface area (Å²) in [6.45, 7) is 14.5. The molecule has 0 aliphatic carbocycles. The lowest BCUT2D eigenvalue weighted by Gasteiger charge is -2.30. The van der Waals surface area contributed by atoms with E-state index in [4.69, 9.17) is 4.42 Å². The molecule has 1 N–H and O–H groups in total. The molecule has 1 rings (SSSR count). The van der Waals surface area contributed by atoms with E-state index in [9.17, 15) is 0 Å². The standard InChI is InChI=1S/C16H29NO/c1-7-13-9-10-15(18-13)14(17-8-2)11-12(3)16(4,5)6/h9-10,12,14,17H,7-8,11H2,1-6H3. The Hall–Kier alpha value is -0.760. The fraction of sp³-hybridized carbons (Fsp3) is 0.750. The Bertz CT molecular complexity index is 348. The van der Waals surface area contributed by atoms with Gasteiger partial charge in [0.15, 0.2) is 0 Å². The van der Waals surface area contributed by atoms with E-state index in [1.807, 2.05) is 0 Å². The van der Waals surface area contributed by atoms with Crippen molar-refractivity contribution in [2.75, 3.05) is 6.54 Å². The zero-order valence-corrected chi connectivity index (χ0v) is 12.8. The Kier molecular flexibility index (Phi) is 5.46. The average molecular weight is 251 g/mol. The van der Waals surface area contributed by atoms with Crippen LogP contribution < -0.4 is 5.32 Å². The van der Waals surface area contributed by atoms with Crippen molar-refractivity contribution in [2.45, 2.75) is 60.4 Å². The van der Waals surface area contributed by atoms with Gasteiger partial charge in [0.05, 0.1) is 6.04 Å². The third-order valence-corrected chi connectivity index (χ3v) is 3.89. The summed E-state index contributed by atoms with van der Waals surface area (Å²) in [4.78, 5) is 0. The van der Waals surface area contributed by atoms with E-state index in [0.717, 1.165) is 30.9 Å². The molecular formula is C16H29NO. The van der Waals surface area contributed by atoms with Crippen molar-refractivity contribution in [1.82, 2.24) is 5.32 Å². The fourth-order valence-electron chi connectivity index (χ4n) is 2.03. The maximum Gasteiger partial charge on any atom is 0.121 e. The van der Waals surface area contributed by atoms with Crippen molar-refractivity contribution in [1.29, 1.82) is 0 Å². The van der Waals surface area contributed by atoms with Crippen LogP contribution in [0.15, 0.2) is 16.5 Å². The second kappa shape index (κ2) is 6.42. The highest BCUT2D eigenvalue weighted by molar-refractivity contribution is 5.11. The molecule has 104 valence electrons. The van der Waals surface area contributed by atoms with Gasteiger partial charge in [-0.3, -0.25) is 0 Å². The Morgan fingerprint density at radius 2 is 1.89 bits per heavy atom. The molecule has 0 aliphatic rings. The monoisotopic (exact) mass is 251 g/mol. The van der Waals surface area contributed by atoms with Crippen LogP contribution in [0.1, 0.15) is 65.5 Å². The Morgan fingerprint density at radius 1 is 1.22 bits per heavy atom. The molecule has 2 nitrogen and oxygen atoms in total. The summed E-state index contributed by atoms with van der Waals surface area (Å²) in [6, 6.07) is 4.56. The van der Waals surface area contributed by atoms with Gasteiger partial charge in [0.25, 0.3) is 0 Å².